The number of benzene rings is 2. The smallest absolute Gasteiger partial charge is 0.273 e. The van der Waals surface area contributed by atoms with Crippen molar-refractivity contribution in [1.29, 1.82) is 0 Å². The first-order chi connectivity index (χ1) is 18.8. The van der Waals surface area contributed by atoms with E-state index < -0.39 is 5.41 Å². The number of likely N-dealkylation sites (tertiary alicyclic amines) is 1. The second-order valence-electron chi connectivity index (χ2n) is 9.90. The summed E-state index contributed by atoms with van der Waals surface area (Å²) in [6.45, 7) is 10.4. The summed E-state index contributed by atoms with van der Waals surface area (Å²) in [6.07, 6.45) is 5.92. The number of rotatable bonds is 9. The first-order valence-electron chi connectivity index (χ1n) is 14.3. The fourth-order valence-electron chi connectivity index (χ4n) is 5.38. The van der Waals surface area contributed by atoms with Crippen molar-refractivity contribution in [3.63, 3.8) is 0 Å². The van der Waals surface area contributed by atoms with Crippen LogP contribution in [0.25, 0.3) is 0 Å². The molecule has 1 heterocycles. The highest BCUT2D eigenvalue weighted by atomic mass is 16.6. The van der Waals surface area contributed by atoms with E-state index in [4.69, 9.17) is 9.47 Å². The minimum absolute atomic E-state index is 0.0232. The predicted molar refractivity (Wildman–Crippen MR) is 158 cm³/mol. The van der Waals surface area contributed by atoms with Crippen molar-refractivity contribution >= 4 is 17.7 Å². The summed E-state index contributed by atoms with van der Waals surface area (Å²) < 4.78 is 11.8. The first-order valence-corrected chi connectivity index (χ1v) is 14.3. The molecule has 1 aliphatic carbocycles. The van der Waals surface area contributed by atoms with Crippen LogP contribution in [0.2, 0.25) is 0 Å². The lowest BCUT2D eigenvalue weighted by Crippen LogP contribution is -2.36. The summed E-state index contributed by atoms with van der Waals surface area (Å²) in [5, 5.41) is 11.9. The Bertz CT molecular complexity index is 1040. The lowest BCUT2D eigenvalue weighted by molar-refractivity contribution is -0.385. The highest BCUT2D eigenvalue weighted by Gasteiger charge is 2.40. The first kappa shape index (κ1) is 32.1. The highest BCUT2D eigenvalue weighted by Crippen LogP contribution is 2.49. The fourth-order valence-corrected chi connectivity index (χ4v) is 5.38. The average Bonchev–Trinajstić information content (AvgIpc) is 3.47. The zero-order valence-corrected chi connectivity index (χ0v) is 24.9. The number of hydrogen-bond acceptors (Lipinski definition) is 7. The van der Waals surface area contributed by atoms with Crippen LogP contribution in [0.1, 0.15) is 77.3 Å². The number of non-ortho nitro benzene ring substituents is 1. The third-order valence-corrected chi connectivity index (χ3v) is 7.45. The lowest BCUT2D eigenvalue weighted by Gasteiger charge is -2.34. The maximum atomic E-state index is 12.5. The molecule has 2 aliphatic rings. The van der Waals surface area contributed by atoms with Crippen LogP contribution in [0.3, 0.4) is 0 Å². The summed E-state index contributed by atoms with van der Waals surface area (Å²) in [6, 6.07) is 11.0. The van der Waals surface area contributed by atoms with Gasteiger partial charge >= 0.3 is 0 Å². The van der Waals surface area contributed by atoms with Gasteiger partial charge in [-0.2, -0.15) is 0 Å². The molecule has 0 N–H and O–H groups in total. The number of nitro groups is 1. The third-order valence-electron chi connectivity index (χ3n) is 7.45. The van der Waals surface area contributed by atoms with E-state index in [0.717, 1.165) is 62.1 Å². The molecule has 4 rings (SSSR count). The Labute approximate surface area is 234 Å². The van der Waals surface area contributed by atoms with Crippen molar-refractivity contribution in [2.75, 3.05) is 39.2 Å². The molecule has 8 heteroatoms. The number of piperidine rings is 1. The standard InChI is InChI=1S/C27H35N3O5.2C2H6/c1-28-14-10-23(11-15-28)35-25-17-21(30(32)33)16-24(27(19-31)12-4-5-13-27)26(25)29(2)18-20-6-8-22(34-3)9-7-20;2*1-2/h6-9,16-17,19,23H,4-5,10-15,18H2,1-3H3;2*1-2H3. The monoisotopic (exact) mass is 541 g/mol. The molecule has 1 saturated carbocycles. The van der Waals surface area contributed by atoms with Crippen LogP contribution in [0.4, 0.5) is 11.4 Å². The largest absolute Gasteiger partial charge is 0.497 e. The Kier molecular flexibility index (Phi) is 12.7. The molecule has 0 unspecified atom stereocenters. The molecule has 0 spiro atoms. The van der Waals surface area contributed by atoms with Gasteiger partial charge in [-0.1, -0.05) is 52.7 Å². The van der Waals surface area contributed by atoms with Gasteiger partial charge in [-0.3, -0.25) is 10.1 Å². The molecule has 0 radical (unpaired) electrons. The number of methoxy groups -OCH3 is 1. The SMILES string of the molecule is CC.CC.COc1ccc(CN(C)c2c(OC3CCN(C)CC3)cc([N+](=O)[O-])cc2C2(C=O)CCCC2)cc1. The van der Waals surface area contributed by atoms with Crippen molar-refractivity contribution in [3.8, 4) is 11.5 Å². The van der Waals surface area contributed by atoms with Crippen LogP contribution in [-0.2, 0) is 16.8 Å². The van der Waals surface area contributed by atoms with E-state index in [2.05, 4.69) is 16.8 Å². The maximum absolute atomic E-state index is 12.5. The zero-order valence-electron chi connectivity index (χ0n) is 24.9. The van der Waals surface area contributed by atoms with Gasteiger partial charge in [-0.25, -0.2) is 0 Å². The molecule has 8 nitrogen and oxygen atoms in total. The Hall–Kier alpha value is -3.13. The van der Waals surface area contributed by atoms with Crippen molar-refractivity contribution in [1.82, 2.24) is 4.90 Å². The van der Waals surface area contributed by atoms with E-state index >= 15 is 0 Å². The number of ether oxygens (including phenoxy) is 2. The van der Waals surface area contributed by atoms with Gasteiger partial charge in [0.1, 0.15) is 23.9 Å². The summed E-state index contributed by atoms with van der Waals surface area (Å²) >= 11 is 0. The molecule has 0 aromatic heterocycles. The second kappa shape index (κ2) is 15.5. The maximum Gasteiger partial charge on any atom is 0.273 e. The predicted octanol–water partition coefficient (Wildman–Crippen LogP) is 6.78. The van der Waals surface area contributed by atoms with E-state index in [0.29, 0.717) is 30.7 Å². The van der Waals surface area contributed by atoms with Crippen LogP contribution in [-0.4, -0.2) is 56.5 Å². The number of nitro benzene ring substituents is 1. The fraction of sp³-hybridized carbons (Fsp3) is 0.581. The highest BCUT2D eigenvalue weighted by molar-refractivity contribution is 5.79. The van der Waals surface area contributed by atoms with Crippen LogP contribution < -0.4 is 14.4 Å². The minimum atomic E-state index is -0.736. The van der Waals surface area contributed by atoms with Crippen LogP contribution in [0, 0.1) is 10.1 Å². The molecule has 0 amide bonds. The number of carbonyl (C=O) groups excluding carboxylic acids is 1. The molecule has 1 saturated heterocycles. The van der Waals surface area contributed by atoms with Crippen molar-refractivity contribution in [2.24, 2.45) is 0 Å². The topological polar surface area (TPSA) is 85.2 Å². The van der Waals surface area contributed by atoms with Gasteiger partial charge in [0, 0.05) is 32.7 Å². The number of nitrogens with zero attached hydrogens (tertiary/aromatic N) is 3. The van der Waals surface area contributed by atoms with E-state index in [-0.39, 0.29) is 16.7 Å². The van der Waals surface area contributed by atoms with Gasteiger partial charge in [0.2, 0.25) is 0 Å². The quantitative estimate of drug-likeness (QED) is 0.197. The zero-order chi connectivity index (χ0) is 29.0. The van der Waals surface area contributed by atoms with E-state index in [1.807, 2.05) is 59.0 Å². The van der Waals surface area contributed by atoms with Gasteiger partial charge in [0.25, 0.3) is 5.69 Å². The second-order valence-corrected chi connectivity index (χ2v) is 9.90. The number of hydrogen-bond donors (Lipinski definition) is 0. The average molecular weight is 542 g/mol. The normalized spacial score (nSPS) is 16.7. The summed E-state index contributed by atoms with van der Waals surface area (Å²) in [7, 11) is 5.69. The molecule has 2 fully saturated rings. The Balaban J connectivity index is 0.00000127. The van der Waals surface area contributed by atoms with Crippen LogP contribution >= 0.6 is 0 Å². The number of carbonyl (C=O) groups is 1. The molecular formula is C31H47N3O5. The number of anilines is 1. The Morgan fingerprint density at radius 1 is 1.08 bits per heavy atom. The molecule has 0 atom stereocenters. The molecule has 2 aromatic carbocycles. The summed E-state index contributed by atoms with van der Waals surface area (Å²) in [5.41, 5.74) is 1.78. The Morgan fingerprint density at radius 2 is 1.67 bits per heavy atom. The molecule has 2 aromatic rings. The van der Waals surface area contributed by atoms with Gasteiger partial charge in [-0.05, 0) is 56.0 Å². The number of aldehydes is 1. The van der Waals surface area contributed by atoms with Gasteiger partial charge < -0.3 is 24.1 Å². The third kappa shape index (κ3) is 7.94. The van der Waals surface area contributed by atoms with E-state index in [1.54, 1.807) is 13.2 Å². The molecule has 39 heavy (non-hydrogen) atoms. The summed E-state index contributed by atoms with van der Waals surface area (Å²) in [4.78, 5) is 28.4. The van der Waals surface area contributed by atoms with Crippen LogP contribution in [0.5, 0.6) is 11.5 Å². The molecule has 0 bridgehead atoms. The van der Waals surface area contributed by atoms with Crippen molar-refractivity contribution < 1.29 is 19.2 Å². The molecular weight excluding hydrogens is 494 g/mol. The minimum Gasteiger partial charge on any atom is -0.497 e. The van der Waals surface area contributed by atoms with Gasteiger partial charge in [-0.15, -0.1) is 0 Å². The molecule has 1 aliphatic heterocycles. The summed E-state index contributed by atoms with van der Waals surface area (Å²) in [5.74, 6) is 1.28. The van der Waals surface area contributed by atoms with E-state index in [1.165, 1.54) is 6.07 Å². The van der Waals surface area contributed by atoms with Crippen molar-refractivity contribution in [2.45, 2.75) is 84.3 Å². The molecule has 216 valence electrons. The Morgan fingerprint density at radius 3 is 2.18 bits per heavy atom. The lowest BCUT2D eigenvalue weighted by atomic mass is 9.78. The van der Waals surface area contributed by atoms with Crippen LogP contribution in [0.15, 0.2) is 36.4 Å². The van der Waals surface area contributed by atoms with Crippen molar-refractivity contribution in [3.05, 3.63) is 57.6 Å². The van der Waals surface area contributed by atoms with Gasteiger partial charge in [0.15, 0.2) is 0 Å². The van der Waals surface area contributed by atoms with Gasteiger partial charge in [0.05, 0.1) is 29.2 Å². The van der Waals surface area contributed by atoms with E-state index in [9.17, 15) is 14.9 Å².